The topological polar surface area (TPSA) is 32.3 Å². The maximum atomic E-state index is 12.5. The van der Waals surface area contributed by atoms with Crippen LogP contribution in [0.5, 0.6) is 0 Å². The average Bonchev–Trinajstić information content (AvgIpc) is 2.76. The molecule has 0 spiro atoms. The highest BCUT2D eigenvalue weighted by molar-refractivity contribution is 5.81. The van der Waals surface area contributed by atoms with E-state index in [1.54, 1.807) is 0 Å². The van der Waals surface area contributed by atoms with Gasteiger partial charge in [-0.3, -0.25) is 4.79 Å². The Balaban J connectivity index is 1.93. The van der Waals surface area contributed by atoms with E-state index >= 15 is 0 Å². The number of likely N-dealkylation sites (N-methyl/N-ethyl adjacent to an activating group) is 1. The number of hydrogen-bond acceptors (Lipinski definition) is 2. The van der Waals surface area contributed by atoms with Gasteiger partial charge in [-0.25, -0.2) is 0 Å². The van der Waals surface area contributed by atoms with Crippen LogP contribution in [-0.2, 0) is 11.3 Å². The van der Waals surface area contributed by atoms with Crippen molar-refractivity contribution >= 4 is 5.91 Å². The Morgan fingerprint density at radius 3 is 2.62 bits per heavy atom. The second-order valence-corrected chi connectivity index (χ2v) is 6.45. The van der Waals surface area contributed by atoms with Crippen LogP contribution in [0.2, 0.25) is 0 Å². The molecule has 116 valence electrons. The summed E-state index contributed by atoms with van der Waals surface area (Å²) in [6.45, 7) is 6.05. The molecule has 1 aliphatic rings. The molecular formula is C18H28N2O. The zero-order chi connectivity index (χ0) is 15.2. The maximum Gasteiger partial charge on any atom is 0.239 e. The lowest BCUT2D eigenvalue weighted by atomic mass is 10.0. The first-order valence-corrected chi connectivity index (χ1v) is 8.15. The first-order chi connectivity index (χ1) is 10.1. The number of hydrogen-bond donors (Lipinski definition) is 1. The summed E-state index contributed by atoms with van der Waals surface area (Å²) in [4.78, 5) is 14.3. The van der Waals surface area contributed by atoms with Gasteiger partial charge in [0, 0.05) is 13.6 Å². The summed E-state index contributed by atoms with van der Waals surface area (Å²) in [5.41, 5.74) is 2.54. The van der Waals surface area contributed by atoms with Gasteiger partial charge in [-0.2, -0.15) is 0 Å². The van der Waals surface area contributed by atoms with Crippen molar-refractivity contribution < 1.29 is 4.79 Å². The minimum absolute atomic E-state index is 0.00689. The molecule has 1 aromatic carbocycles. The van der Waals surface area contributed by atoms with Crippen LogP contribution in [-0.4, -0.2) is 30.4 Å². The van der Waals surface area contributed by atoms with E-state index in [4.69, 9.17) is 0 Å². The van der Waals surface area contributed by atoms with Crippen LogP contribution in [0.4, 0.5) is 0 Å². The molecule has 1 heterocycles. The molecule has 1 aromatic rings. The van der Waals surface area contributed by atoms with Crippen LogP contribution in [0.15, 0.2) is 24.3 Å². The Labute approximate surface area is 128 Å². The largest absolute Gasteiger partial charge is 0.340 e. The van der Waals surface area contributed by atoms with Gasteiger partial charge < -0.3 is 10.2 Å². The smallest absolute Gasteiger partial charge is 0.239 e. The SMILES string of the molecule is CC(C)c1ccc(CN(C)C(=O)C2CCCCCN2)cc1. The van der Waals surface area contributed by atoms with Gasteiger partial charge in [-0.1, -0.05) is 51.0 Å². The lowest BCUT2D eigenvalue weighted by Crippen LogP contribution is -2.44. The summed E-state index contributed by atoms with van der Waals surface area (Å²) in [7, 11) is 1.91. The van der Waals surface area contributed by atoms with Crippen LogP contribution in [0.3, 0.4) is 0 Å². The molecule has 1 N–H and O–H groups in total. The summed E-state index contributed by atoms with van der Waals surface area (Å²) in [5.74, 6) is 0.776. The van der Waals surface area contributed by atoms with Crippen molar-refractivity contribution in [2.75, 3.05) is 13.6 Å². The molecular weight excluding hydrogens is 260 g/mol. The Bertz CT molecular complexity index is 445. The number of carbonyl (C=O) groups excluding carboxylic acids is 1. The second kappa shape index (κ2) is 7.60. The van der Waals surface area contributed by atoms with Gasteiger partial charge in [-0.15, -0.1) is 0 Å². The van der Waals surface area contributed by atoms with E-state index in [1.807, 2.05) is 11.9 Å². The molecule has 3 heteroatoms. The zero-order valence-electron chi connectivity index (χ0n) is 13.6. The molecule has 21 heavy (non-hydrogen) atoms. The standard InChI is InChI=1S/C18H28N2O/c1-14(2)16-10-8-15(9-11-16)13-20(3)18(21)17-7-5-4-6-12-19-17/h8-11,14,17,19H,4-7,12-13H2,1-3H3. The predicted octanol–water partition coefficient (Wildman–Crippen LogP) is 3.30. The fraction of sp³-hybridized carbons (Fsp3) is 0.611. The van der Waals surface area contributed by atoms with E-state index in [0.717, 1.165) is 19.4 Å². The van der Waals surface area contributed by atoms with Crippen LogP contribution < -0.4 is 5.32 Å². The predicted molar refractivity (Wildman–Crippen MR) is 87.3 cm³/mol. The highest BCUT2D eigenvalue weighted by Crippen LogP contribution is 2.16. The van der Waals surface area contributed by atoms with Gasteiger partial charge in [0.1, 0.15) is 0 Å². The fourth-order valence-electron chi connectivity index (χ4n) is 2.87. The van der Waals surface area contributed by atoms with Crippen molar-refractivity contribution in [3.8, 4) is 0 Å². The minimum atomic E-state index is 0.00689. The van der Waals surface area contributed by atoms with Crippen LogP contribution in [0.25, 0.3) is 0 Å². The number of carbonyl (C=O) groups is 1. The second-order valence-electron chi connectivity index (χ2n) is 6.45. The molecule has 1 fully saturated rings. The van der Waals surface area contributed by atoms with Gasteiger partial charge in [0.15, 0.2) is 0 Å². The van der Waals surface area contributed by atoms with E-state index in [1.165, 1.54) is 24.0 Å². The van der Waals surface area contributed by atoms with Gasteiger partial charge in [0.2, 0.25) is 5.91 Å². The van der Waals surface area contributed by atoms with E-state index < -0.39 is 0 Å². The first-order valence-electron chi connectivity index (χ1n) is 8.15. The Morgan fingerprint density at radius 1 is 1.24 bits per heavy atom. The molecule has 1 unspecified atom stereocenters. The van der Waals surface area contributed by atoms with Gasteiger partial charge >= 0.3 is 0 Å². The van der Waals surface area contributed by atoms with Crippen molar-refractivity contribution in [3.05, 3.63) is 35.4 Å². The molecule has 2 rings (SSSR count). The van der Waals surface area contributed by atoms with E-state index in [9.17, 15) is 4.79 Å². The molecule has 0 bridgehead atoms. The lowest BCUT2D eigenvalue weighted by molar-refractivity contribution is -0.132. The first kappa shape index (κ1) is 16.0. The third kappa shape index (κ3) is 4.57. The van der Waals surface area contributed by atoms with Crippen molar-refractivity contribution in [1.82, 2.24) is 10.2 Å². The average molecular weight is 288 g/mol. The van der Waals surface area contributed by atoms with Crippen molar-refractivity contribution in [3.63, 3.8) is 0 Å². The highest BCUT2D eigenvalue weighted by Gasteiger charge is 2.22. The van der Waals surface area contributed by atoms with E-state index in [-0.39, 0.29) is 11.9 Å². The van der Waals surface area contributed by atoms with Gasteiger partial charge in [0.05, 0.1) is 6.04 Å². The molecule has 1 atom stereocenters. The van der Waals surface area contributed by atoms with Crippen LogP contribution in [0, 0.1) is 0 Å². The molecule has 0 saturated carbocycles. The third-order valence-corrected chi connectivity index (χ3v) is 4.30. The molecule has 0 radical (unpaired) electrons. The fourth-order valence-corrected chi connectivity index (χ4v) is 2.87. The number of nitrogens with zero attached hydrogens (tertiary/aromatic N) is 1. The molecule has 1 saturated heterocycles. The zero-order valence-corrected chi connectivity index (χ0v) is 13.6. The summed E-state index contributed by atoms with van der Waals surface area (Å²) in [6.07, 6.45) is 4.54. The number of amides is 1. The van der Waals surface area contributed by atoms with Gasteiger partial charge in [0.25, 0.3) is 0 Å². The molecule has 0 aromatic heterocycles. The summed E-state index contributed by atoms with van der Waals surface area (Å²) in [6, 6.07) is 8.62. The Morgan fingerprint density at radius 2 is 1.95 bits per heavy atom. The summed E-state index contributed by atoms with van der Waals surface area (Å²) >= 11 is 0. The Kier molecular flexibility index (Phi) is 5.80. The molecule has 0 aliphatic carbocycles. The minimum Gasteiger partial charge on any atom is -0.340 e. The Hall–Kier alpha value is -1.35. The molecule has 1 aliphatic heterocycles. The molecule has 3 nitrogen and oxygen atoms in total. The number of benzene rings is 1. The highest BCUT2D eigenvalue weighted by atomic mass is 16.2. The van der Waals surface area contributed by atoms with E-state index in [0.29, 0.717) is 12.5 Å². The quantitative estimate of drug-likeness (QED) is 0.922. The monoisotopic (exact) mass is 288 g/mol. The summed E-state index contributed by atoms with van der Waals surface area (Å²) in [5, 5.41) is 3.38. The van der Waals surface area contributed by atoms with Crippen molar-refractivity contribution in [2.45, 2.75) is 58.0 Å². The van der Waals surface area contributed by atoms with Crippen molar-refractivity contribution in [1.29, 1.82) is 0 Å². The van der Waals surface area contributed by atoms with Crippen LogP contribution >= 0.6 is 0 Å². The number of rotatable bonds is 4. The lowest BCUT2D eigenvalue weighted by Gasteiger charge is -2.23. The molecule has 1 amide bonds. The van der Waals surface area contributed by atoms with Crippen molar-refractivity contribution in [2.24, 2.45) is 0 Å². The van der Waals surface area contributed by atoms with E-state index in [2.05, 4.69) is 43.4 Å². The maximum absolute atomic E-state index is 12.5. The number of nitrogens with one attached hydrogen (secondary N) is 1. The third-order valence-electron chi connectivity index (χ3n) is 4.30. The van der Waals surface area contributed by atoms with Crippen LogP contribution in [0.1, 0.15) is 56.6 Å². The summed E-state index contributed by atoms with van der Waals surface area (Å²) < 4.78 is 0. The van der Waals surface area contributed by atoms with Gasteiger partial charge in [-0.05, 0) is 36.4 Å². The normalized spacial score (nSPS) is 19.3.